The molecule has 0 spiro atoms. The number of carbonyl (C=O) groups excluding carboxylic acids is 1. The molecule has 0 saturated carbocycles. The van der Waals surface area contributed by atoms with Gasteiger partial charge < -0.3 is 5.32 Å². The Hall–Kier alpha value is -1.60. The molecule has 0 saturated heterocycles. The van der Waals surface area contributed by atoms with Crippen molar-refractivity contribution in [2.24, 2.45) is 5.14 Å². The van der Waals surface area contributed by atoms with Crippen LogP contribution in [0.15, 0.2) is 41.3 Å². The van der Waals surface area contributed by atoms with Crippen LogP contribution in [0.3, 0.4) is 0 Å². The van der Waals surface area contributed by atoms with Crippen LogP contribution in [0.2, 0.25) is 10.0 Å². The number of sulfonamides is 1. The predicted molar refractivity (Wildman–Crippen MR) is 95.1 cm³/mol. The molecule has 2 aromatic carbocycles. The van der Waals surface area contributed by atoms with Gasteiger partial charge in [0.15, 0.2) is 0 Å². The molecule has 0 atom stereocenters. The van der Waals surface area contributed by atoms with E-state index in [1.54, 1.807) is 37.3 Å². The van der Waals surface area contributed by atoms with Gasteiger partial charge in [-0.15, -0.1) is 0 Å². The second-order valence-electron chi connectivity index (χ2n) is 5.27. The van der Waals surface area contributed by atoms with Crippen LogP contribution >= 0.6 is 23.2 Å². The fraction of sp³-hybridized carbons (Fsp3) is 0.188. The number of nitrogens with one attached hydrogen (secondary N) is 1. The van der Waals surface area contributed by atoms with Crippen molar-refractivity contribution in [1.29, 1.82) is 0 Å². The van der Waals surface area contributed by atoms with Gasteiger partial charge in [0.1, 0.15) is 0 Å². The Morgan fingerprint density at radius 1 is 1.17 bits per heavy atom. The smallest absolute Gasteiger partial charge is 0.251 e. The fourth-order valence-corrected chi connectivity index (χ4v) is 3.50. The number of amides is 1. The van der Waals surface area contributed by atoms with Crippen molar-refractivity contribution in [2.75, 3.05) is 6.54 Å². The van der Waals surface area contributed by atoms with Crippen LogP contribution in [0.4, 0.5) is 0 Å². The summed E-state index contributed by atoms with van der Waals surface area (Å²) in [6, 6.07) is 9.53. The van der Waals surface area contributed by atoms with Crippen LogP contribution in [-0.2, 0) is 16.4 Å². The Bertz CT molecular complexity index is 883. The maximum absolute atomic E-state index is 12.2. The number of benzene rings is 2. The van der Waals surface area contributed by atoms with Gasteiger partial charge in [0.25, 0.3) is 5.91 Å². The maximum atomic E-state index is 12.2. The summed E-state index contributed by atoms with van der Waals surface area (Å²) >= 11 is 11.9. The van der Waals surface area contributed by atoms with E-state index in [0.717, 1.165) is 5.56 Å². The highest BCUT2D eigenvalue weighted by atomic mass is 35.5. The molecule has 5 nitrogen and oxygen atoms in total. The summed E-state index contributed by atoms with van der Waals surface area (Å²) in [6.45, 7) is 1.96. The first kappa shape index (κ1) is 18.7. The van der Waals surface area contributed by atoms with Gasteiger partial charge in [0.05, 0.1) is 4.90 Å². The van der Waals surface area contributed by atoms with Crippen molar-refractivity contribution in [3.8, 4) is 0 Å². The molecular formula is C16H16Cl2N2O3S. The lowest BCUT2D eigenvalue weighted by Gasteiger charge is -2.09. The third-order valence-corrected chi connectivity index (χ3v) is 5.09. The summed E-state index contributed by atoms with van der Waals surface area (Å²) in [5.41, 5.74) is 1.57. The molecule has 0 aliphatic carbocycles. The van der Waals surface area contributed by atoms with Crippen LogP contribution in [0.1, 0.15) is 21.5 Å². The molecule has 0 heterocycles. The summed E-state index contributed by atoms with van der Waals surface area (Å²) in [5.74, 6) is -0.384. The first-order valence-electron chi connectivity index (χ1n) is 7.04. The molecule has 128 valence electrons. The molecule has 2 aromatic rings. The van der Waals surface area contributed by atoms with E-state index in [0.29, 0.717) is 28.6 Å². The van der Waals surface area contributed by atoms with Crippen LogP contribution in [-0.4, -0.2) is 20.9 Å². The Labute approximate surface area is 150 Å². The third kappa shape index (κ3) is 4.70. The van der Waals surface area contributed by atoms with Crippen molar-refractivity contribution >= 4 is 39.1 Å². The standard InChI is InChI=1S/C16H16Cl2N2O3S/c1-10-2-3-12(8-15(10)24(19,22)23)16(21)20-7-6-11-4-5-13(17)9-14(11)18/h2-5,8-9H,6-7H2,1H3,(H,20,21)(H2,19,22,23). The van der Waals surface area contributed by atoms with Crippen molar-refractivity contribution in [3.05, 3.63) is 63.1 Å². The van der Waals surface area contributed by atoms with Gasteiger partial charge >= 0.3 is 0 Å². The van der Waals surface area contributed by atoms with Crippen LogP contribution < -0.4 is 10.5 Å². The SMILES string of the molecule is Cc1ccc(C(=O)NCCc2ccc(Cl)cc2Cl)cc1S(N)(=O)=O. The van der Waals surface area contributed by atoms with Gasteiger partial charge in [-0.1, -0.05) is 35.3 Å². The summed E-state index contributed by atoms with van der Waals surface area (Å²) in [5, 5.41) is 8.94. The van der Waals surface area contributed by atoms with Crippen LogP contribution in [0.25, 0.3) is 0 Å². The summed E-state index contributed by atoms with van der Waals surface area (Å²) < 4.78 is 23.0. The zero-order chi connectivity index (χ0) is 17.9. The quantitative estimate of drug-likeness (QED) is 0.827. The molecule has 0 unspecified atom stereocenters. The normalized spacial score (nSPS) is 11.3. The number of rotatable bonds is 5. The monoisotopic (exact) mass is 386 g/mol. The summed E-state index contributed by atoms with van der Waals surface area (Å²) in [7, 11) is -3.87. The topological polar surface area (TPSA) is 89.3 Å². The Morgan fingerprint density at radius 3 is 2.50 bits per heavy atom. The van der Waals surface area contributed by atoms with E-state index in [1.165, 1.54) is 6.07 Å². The molecule has 0 radical (unpaired) electrons. The highest BCUT2D eigenvalue weighted by Gasteiger charge is 2.15. The second-order valence-corrected chi connectivity index (χ2v) is 7.64. The first-order chi connectivity index (χ1) is 11.2. The summed E-state index contributed by atoms with van der Waals surface area (Å²) in [6.07, 6.45) is 0.523. The predicted octanol–water partition coefficient (Wildman–Crippen LogP) is 2.92. The Kier molecular flexibility index (Phi) is 5.87. The van der Waals surface area contributed by atoms with Crippen molar-refractivity contribution in [1.82, 2.24) is 5.32 Å². The number of halogens is 2. The Balaban J connectivity index is 2.05. The lowest BCUT2D eigenvalue weighted by molar-refractivity contribution is 0.0954. The molecule has 24 heavy (non-hydrogen) atoms. The maximum Gasteiger partial charge on any atom is 0.251 e. The zero-order valence-electron chi connectivity index (χ0n) is 12.8. The minimum absolute atomic E-state index is 0.0594. The van der Waals surface area contributed by atoms with Gasteiger partial charge in [-0.3, -0.25) is 4.79 Å². The average molecular weight is 387 g/mol. The Morgan fingerprint density at radius 2 is 1.88 bits per heavy atom. The zero-order valence-corrected chi connectivity index (χ0v) is 15.2. The highest BCUT2D eigenvalue weighted by molar-refractivity contribution is 7.89. The molecule has 0 aromatic heterocycles. The van der Waals surface area contributed by atoms with E-state index in [1.807, 2.05) is 0 Å². The van der Waals surface area contributed by atoms with Gasteiger partial charge in [0.2, 0.25) is 10.0 Å². The van der Waals surface area contributed by atoms with E-state index >= 15 is 0 Å². The van der Waals surface area contributed by atoms with Gasteiger partial charge in [-0.05, 0) is 48.7 Å². The van der Waals surface area contributed by atoms with E-state index < -0.39 is 10.0 Å². The minimum atomic E-state index is -3.87. The molecule has 0 aliphatic heterocycles. The van der Waals surface area contributed by atoms with E-state index in [4.69, 9.17) is 28.3 Å². The second kappa shape index (κ2) is 7.53. The van der Waals surface area contributed by atoms with E-state index in [-0.39, 0.29) is 16.4 Å². The summed E-state index contributed by atoms with van der Waals surface area (Å²) in [4.78, 5) is 12.1. The van der Waals surface area contributed by atoms with Gasteiger partial charge in [-0.2, -0.15) is 0 Å². The van der Waals surface area contributed by atoms with Gasteiger partial charge in [-0.25, -0.2) is 13.6 Å². The lowest BCUT2D eigenvalue weighted by Crippen LogP contribution is -2.26. The van der Waals surface area contributed by atoms with Crippen LogP contribution in [0.5, 0.6) is 0 Å². The molecule has 2 rings (SSSR count). The molecular weight excluding hydrogens is 371 g/mol. The number of carbonyl (C=O) groups is 1. The molecule has 1 amide bonds. The average Bonchev–Trinajstić information content (AvgIpc) is 2.48. The molecule has 3 N–H and O–H groups in total. The van der Waals surface area contributed by atoms with Crippen molar-refractivity contribution in [2.45, 2.75) is 18.2 Å². The molecule has 8 heteroatoms. The molecule has 0 fully saturated rings. The van der Waals surface area contributed by atoms with Gasteiger partial charge in [0, 0.05) is 22.2 Å². The van der Waals surface area contributed by atoms with Crippen LogP contribution in [0, 0.1) is 6.92 Å². The van der Waals surface area contributed by atoms with E-state index in [9.17, 15) is 13.2 Å². The number of hydrogen-bond donors (Lipinski definition) is 2. The molecule has 0 aliphatic rings. The largest absolute Gasteiger partial charge is 0.352 e. The first-order valence-corrected chi connectivity index (χ1v) is 9.34. The third-order valence-electron chi connectivity index (χ3n) is 3.45. The fourth-order valence-electron chi connectivity index (χ4n) is 2.19. The number of nitrogens with two attached hydrogens (primary N) is 1. The lowest BCUT2D eigenvalue weighted by atomic mass is 10.1. The van der Waals surface area contributed by atoms with E-state index in [2.05, 4.69) is 5.32 Å². The molecule has 0 bridgehead atoms. The number of aryl methyl sites for hydroxylation is 1. The van der Waals surface area contributed by atoms with Crippen molar-refractivity contribution < 1.29 is 13.2 Å². The number of primary sulfonamides is 1. The van der Waals surface area contributed by atoms with Crippen molar-refractivity contribution in [3.63, 3.8) is 0 Å². The number of hydrogen-bond acceptors (Lipinski definition) is 3. The minimum Gasteiger partial charge on any atom is -0.352 e. The highest BCUT2D eigenvalue weighted by Crippen LogP contribution is 2.21.